The van der Waals surface area contributed by atoms with Crippen molar-refractivity contribution in [3.05, 3.63) is 29.3 Å². The largest absolute Gasteiger partial charge is 0.481 e. The van der Waals surface area contributed by atoms with Gasteiger partial charge in [0.25, 0.3) is 0 Å². The Bertz CT molecular complexity index is 598. The lowest BCUT2D eigenvalue weighted by Gasteiger charge is -2.24. The van der Waals surface area contributed by atoms with E-state index in [1.807, 2.05) is 32.0 Å². The monoisotopic (exact) mass is 289 g/mol. The number of carbonyl (C=O) groups is 2. The standard InChI is InChI=1S/C16H19NO4/c1-8-3-4-10(7-9(8)2)17-15(18)13-11-5-6-12(21-11)14(13)16(19)20/h3-4,7,11-14H,5-6H2,1-2H3,(H,17,18)(H,19,20)/t11-,12+,13-,14+/m1/s1. The van der Waals surface area contributed by atoms with E-state index < -0.39 is 17.8 Å². The maximum atomic E-state index is 12.5. The van der Waals surface area contributed by atoms with Gasteiger partial charge in [-0.3, -0.25) is 9.59 Å². The van der Waals surface area contributed by atoms with E-state index in [2.05, 4.69) is 5.32 Å². The minimum Gasteiger partial charge on any atom is -0.481 e. The molecule has 0 aliphatic carbocycles. The molecule has 0 spiro atoms. The van der Waals surface area contributed by atoms with Crippen molar-refractivity contribution in [2.24, 2.45) is 11.8 Å². The summed E-state index contributed by atoms with van der Waals surface area (Å²) in [6.07, 6.45) is 0.916. The molecule has 3 rings (SSSR count). The average molecular weight is 289 g/mol. The lowest BCUT2D eigenvalue weighted by molar-refractivity contribution is -0.147. The molecule has 2 saturated heterocycles. The van der Waals surface area contributed by atoms with E-state index in [0.29, 0.717) is 5.69 Å². The van der Waals surface area contributed by atoms with Crippen LogP contribution in [0.2, 0.25) is 0 Å². The highest BCUT2D eigenvalue weighted by Gasteiger charge is 2.55. The molecular formula is C16H19NO4. The lowest BCUT2D eigenvalue weighted by atomic mass is 9.78. The number of benzene rings is 1. The number of nitrogens with one attached hydrogen (secondary N) is 1. The molecule has 2 bridgehead atoms. The molecule has 2 fully saturated rings. The maximum absolute atomic E-state index is 12.5. The summed E-state index contributed by atoms with van der Waals surface area (Å²) in [6.45, 7) is 3.98. The Hall–Kier alpha value is -1.88. The van der Waals surface area contributed by atoms with Gasteiger partial charge in [-0.05, 0) is 49.9 Å². The van der Waals surface area contributed by atoms with Crippen molar-refractivity contribution in [1.82, 2.24) is 0 Å². The van der Waals surface area contributed by atoms with Gasteiger partial charge < -0.3 is 15.2 Å². The van der Waals surface area contributed by atoms with Crippen LogP contribution in [0.25, 0.3) is 0 Å². The van der Waals surface area contributed by atoms with Crippen molar-refractivity contribution in [2.75, 3.05) is 5.32 Å². The van der Waals surface area contributed by atoms with Gasteiger partial charge in [0.15, 0.2) is 0 Å². The number of amides is 1. The number of hydrogen-bond donors (Lipinski definition) is 2. The summed E-state index contributed by atoms with van der Waals surface area (Å²) in [5, 5.41) is 12.2. The number of fused-ring (bicyclic) bond motifs is 2. The fourth-order valence-electron chi connectivity index (χ4n) is 3.37. The van der Waals surface area contributed by atoms with Crippen molar-refractivity contribution >= 4 is 17.6 Å². The molecule has 2 N–H and O–H groups in total. The number of carbonyl (C=O) groups excluding carboxylic acids is 1. The molecule has 0 radical (unpaired) electrons. The number of anilines is 1. The van der Waals surface area contributed by atoms with E-state index in [0.717, 1.165) is 24.0 Å². The van der Waals surface area contributed by atoms with E-state index in [1.165, 1.54) is 0 Å². The highest BCUT2D eigenvalue weighted by atomic mass is 16.5. The molecule has 0 aromatic heterocycles. The minimum atomic E-state index is -0.942. The summed E-state index contributed by atoms with van der Waals surface area (Å²) in [5.74, 6) is -2.52. The molecule has 1 aromatic carbocycles. The number of carboxylic acids is 1. The maximum Gasteiger partial charge on any atom is 0.310 e. The second kappa shape index (κ2) is 5.15. The van der Waals surface area contributed by atoms with Gasteiger partial charge in [0.05, 0.1) is 24.0 Å². The second-order valence-corrected chi connectivity index (χ2v) is 5.97. The zero-order valence-electron chi connectivity index (χ0n) is 12.1. The summed E-state index contributed by atoms with van der Waals surface area (Å²) in [7, 11) is 0. The molecule has 0 saturated carbocycles. The van der Waals surface area contributed by atoms with E-state index in [1.54, 1.807) is 0 Å². The Morgan fingerprint density at radius 1 is 1.14 bits per heavy atom. The van der Waals surface area contributed by atoms with Gasteiger partial charge in [-0.15, -0.1) is 0 Å². The second-order valence-electron chi connectivity index (χ2n) is 5.97. The molecule has 2 heterocycles. The Labute approximate surface area is 123 Å². The molecule has 0 unspecified atom stereocenters. The van der Waals surface area contributed by atoms with Crippen LogP contribution in [0.5, 0.6) is 0 Å². The molecule has 5 nitrogen and oxygen atoms in total. The van der Waals surface area contributed by atoms with Crippen molar-refractivity contribution in [3.63, 3.8) is 0 Å². The molecule has 1 aromatic rings. The Balaban J connectivity index is 1.78. The fourth-order valence-corrected chi connectivity index (χ4v) is 3.37. The summed E-state index contributed by atoms with van der Waals surface area (Å²) >= 11 is 0. The highest BCUT2D eigenvalue weighted by Crippen LogP contribution is 2.44. The summed E-state index contributed by atoms with van der Waals surface area (Å²) in [4.78, 5) is 23.9. The zero-order valence-corrected chi connectivity index (χ0v) is 12.1. The fraction of sp³-hybridized carbons (Fsp3) is 0.500. The molecule has 4 atom stereocenters. The van der Waals surface area contributed by atoms with Crippen LogP contribution in [-0.4, -0.2) is 29.2 Å². The third-order valence-corrected chi connectivity index (χ3v) is 4.64. The van der Waals surface area contributed by atoms with Crippen molar-refractivity contribution in [1.29, 1.82) is 0 Å². The predicted octanol–water partition coefficient (Wildman–Crippen LogP) is 2.12. The Kier molecular flexibility index (Phi) is 3.45. The number of ether oxygens (including phenoxy) is 1. The van der Waals surface area contributed by atoms with Crippen LogP contribution in [0.15, 0.2) is 18.2 Å². The third-order valence-electron chi connectivity index (χ3n) is 4.64. The number of aryl methyl sites for hydroxylation is 2. The number of carboxylic acid groups (broad SMARTS) is 1. The summed E-state index contributed by atoms with van der Waals surface area (Å²) < 4.78 is 5.62. The molecule has 2 aliphatic rings. The zero-order chi connectivity index (χ0) is 15.1. The number of rotatable bonds is 3. The van der Waals surface area contributed by atoms with Crippen LogP contribution in [0.4, 0.5) is 5.69 Å². The smallest absolute Gasteiger partial charge is 0.310 e. The van der Waals surface area contributed by atoms with E-state index in [-0.39, 0.29) is 18.1 Å². The number of hydrogen-bond acceptors (Lipinski definition) is 3. The van der Waals surface area contributed by atoms with Gasteiger partial charge >= 0.3 is 5.97 Å². The first kappa shape index (κ1) is 14.1. The van der Waals surface area contributed by atoms with E-state index in [4.69, 9.17) is 4.74 Å². The summed E-state index contributed by atoms with van der Waals surface area (Å²) in [5.41, 5.74) is 2.95. The quantitative estimate of drug-likeness (QED) is 0.893. The Morgan fingerprint density at radius 2 is 1.81 bits per heavy atom. The number of aliphatic carboxylic acids is 1. The minimum absolute atomic E-state index is 0.252. The topological polar surface area (TPSA) is 75.6 Å². The highest BCUT2D eigenvalue weighted by molar-refractivity contribution is 5.96. The van der Waals surface area contributed by atoms with Crippen molar-refractivity contribution in [3.8, 4) is 0 Å². The van der Waals surface area contributed by atoms with Crippen LogP contribution >= 0.6 is 0 Å². The van der Waals surface area contributed by atoms with Gasteiger partial charge in [0.2, 0.25) is 5.91 Å². The van der Waals surface area contributed by atoms with Crippen LogP contribution in [0, 0.1) is 25.7 Å². The molecule has 5 heteroatoms. The van der Waals surface area contributed by atoms with Crippen LogP contribution in [-0.2, 0) is 14.3 Å². The van der Waals surface area contributed by atoms with E-state index >= 15 is 0 Å². The predicted molar refractivity (Wildman–Crippen MR) is 77.1 cm³/mol. The normalized spacial score (nSPS) is 30.4. The molecule has 2 aliphatic heterocycles. The van der Waals surface area contributed by atoms with Gasteiger partial charge in [0, 0.05) is 5.69 Å². The first-order valence-electron chi connectivity index (χ1n) is 7.24. The van der Waals surface area contributed by atoms with Crippen LogP contribution < -0.4 is 5.32 Å². The van der Waals surface area contributed by atoms with Gasteiger partial charge in [0.1, 0.15) is 0 Å². The first-order valence-corrected chi connectivity index (χ1v) is 7.24. The van der Waals surface area contributed by atoms with Gasteiger partial charge in [-0.1, -0.05) is 6.07 Å². The van der Waals surface area contributed by atoms with Crippen molar-refractivity contribution < 1.29 is 19.4 Å². The van der Waals surface area contributed by atoms with Gasteiger partial charge in [-0.2, -0.15) is 0 Å². The van der Waals surface area contributed by atoms with Crippen molar-refractivity contribution in [2.45, 2.75) is 38.9 Å². The first-order chi connectivity index (χ1) is 9.97. The average Bonchev–Trinajstić information content (AvgIpc) is 3.03. The summed E-state index contributed by atoms with van der Waals surface area (Å²) in [6, 6.07) is 5.68. The van der Waals surface area contributed by atoms with E-state index in [9.17, 15) is 14.7 Å². The lowest BCUT2D eigenvalue weighted by Crippen LogP contribution is -2.40. The SMILES string of the molecule is Cc1ccc(NC(=O)[C@H]2[C@@H](C(=O)O)[C@@H]3CC[C@H]2O3)cc1C. The Morgan fingerprint density at radius 3 is 2.43 bits per heavy atom. The van der Waals surface area contributed by atoms with Crippen LogP contribution in [0.3, 0.4) is 0 Å². The van der Waals surface area contributed by atoms with Gasteiger partial charge in [-0.25, -0.2) is 0 Å². The van der Waals surface area contributed by atoms with Crippen LogP contribution in [0.1, 0.15) is 24.0 Å². The molecule has 112 valence electrons. The molecule has 21 heavy (non-hydrogen) atoms. The molecular weight excluding hydrogens is 270 g/mol. The molecule has 1 amide bonds. The third kappa shape index (κ3) is 2.42.